The van der Waals surface area contributed by atoms with Crippen LogP contribution in [-0.4, -0.2) is 13.1 Å². The van der Waals surface area contributed by atoms with Gasteiger partial charge in [-0.05, 0) is 84.6 Å². The van der Waals surface area contributed by atoms with E-state index in [0.29, 0.717) is 0 Å². The zero-order chi connectivity index (χ0) is 26.8. The Morgan fingerprint density at radius 2 is 0.921 bits per heavy atom. The van der Waals surface area contributed by atoms with E-state index < -0.39 is 7.80 Å². The lowest BCUT2D eigenvalue weighted by Crippen LogP contribution is -2.34. The van der Waals surface area contributed by atoms with Gasteiger partial charge in [-0.3, -0.25) is 4.57 Å². The summed E-state index contributed by atoms with van der Waals surface area (Å²) in [5, 5.41) is 1.78. The summed E-state index contributed by atoms with van der Waals surface area (Å²) in [4.78, 5) is 4.76. The van der Waals surface area contributed by atoms with E-state index in [-0.39, 0.29) is 10.8 Å². The zero-order valence-electron chi connectivity index (χ0n) is 23.2. The van der Waals surface area contributed by atoms with Gasteiger partial charge >= 0.3 is 0 Å². The van der Waals surface area contributed by atoms with Gasteiger partial charge in [-0.2, -0.15) is 0 Å². The molecule has 4 aromatic rings. The predicted molar refractivity (Wildman–Crippen MR) is 162 cm³/mol. The lowest BCUT2D eigenvalue weighted by atomic mass is 9.73. The highest BCUT2D eigenvalue weighted by Gasteiger charge is 2.38. The standard InChI is InChI=1S/C34H36N2OP/c1-7-35-29-15-11-9-13-25(29)33(3,4)27-21-23(17-19-31(27)35)38(37)24-18-20-32-28(22-24)34(5,6)26-14-10-12-16-30(26)36(32)8-2/h9-22H,7-8H2,1-6H3. The Morgan fingerprint density at radius 1 is 0.553 bits per heavy atom. The largest absolute Gasteiger partial charge is 0.341 e. The van der Waals surface area contributed by atoms with E-state index >= 15 is 0 Å². The highest BCUT2D eigenvalue weighted by Crippen LogP contribution is 2.50. The minimum atomic E-state index is -1.74. The molecule has 0 aliphatic carbocycles. The van der Waals surface area contributed by atoms with Crippen molar-refractivity contribution >= 4 is 41.2 Å². The van der Waals surface area contributed by atoms with Crippen molar-refractivity contribution in [2.75, 3.05) is 22.9 Å². The van der Waals surface area contributed by atoms with Crippen LogP contribution >= 0.6 is 7.80 Å². The number of benzene rings is 4. The Morgan fingerprint density at radius 3 is 1.32 bits per heavy atom. The summed E-state index contributed by atoms with van der Waals surface area (Å²) < 4.78 is 14.2. The van der Waals surface area contributed by atoms with Crippen LogP contribution in [0.3, 0.4) is 0 Å². The average Bonchev–Trinajstić information content (AvgIpc) is 2.93. The highest BCUT2D eigenvalue weighted by atomic mass is 31.1. The second kappa shape index (κ2) is 8.82. The Hall–Kier alpha value is -3.42. The van der Waals surface area contributed by atoms with Crippen molar-refractivity contribution in [3.05, 3.63) is 107 Å². The summed E-state index contributed by atoms with van der Waals surface area (Å²) in [7, 11) is -1.74. The summed E-state index contributed by atoms with van der Waals surface area (Å²) in [6.07, 6.45) is 0. The fourth-order valence-corrected chi connectivity index (χ4v) is 7.84. The van der Waals surface area contributed by atoms with Crippen LogP contribution in [0.15, 0.2) is 84.9 Å². The molecule has 2 heterocycles. The van der Waals surface area contributed by atoms with Crippen LogP contribution in [0.25, 0.3) is 0 Å². The first-order valence-electron chi connectivity index (χ1n) is 13.7. The molecule has 0 N–H and O–H groups in total. The lowest BCUT2D eigenvalue weighted by Gasteiger charge is -2.42. The van der Waals surface area contributed by atoms with Crippen LogP contribution in [-0.2, 0) is 15.4 Å². The molecule has 0 bridgehead atoms. The van der Waals surface area contributed by atoms with Gasteiger partial charge in [0, 0.05) is 57.3 Å². The molecule has 4 aromatic carbocycles. The molecular formula is C34H36N2OP. The van der Waals surface area contributed by atoms with Crippen molar-refractivity contribution in [3.63, 3.8) is 0 Å². The molecule has 0 spiro atoms. The van der Waals surface area contributed by atoms with Gasteiger partial charge in [0.25, 0.3) is 0 Å². The van der Waals surface area contributed by atoms with Crippen LogP contribution in [0.1, 0.15) is 63.8 Å². The fourth-order valence-electron chi connectivity index (χ4n) is 6.63. The van der Waals surface area contributed by atoms with Gasteiger partial charge in [-0.1, -0.05) is 64.1 Å². The maximum absolute atomic E-state index is 14.2. The number of anilines is 4. The maximum atomic E-state index is 14.2. The average molecular weight is 520 g/mol. The molecule has 0 saturated heterocycles. The first-order valence-corrected chi connectivity index (χ1v) is 15.0. The van der Waals surface area contributed by atoms with E-state index in [4.69, 9.17) is 0 Å². The summed E-state index contributed by atoms with van der Waals surface area (Å²) in [5.41, 5.74) is 9.72. The monoisotopic (exact) mass is 519 g/mol. The van der Waals surface area contributed by atoms with Crippen LogP contribution < -0.4 is 20.4 Å². The van der Waals surface area contributed by atoms with Crippen LogP contribution in [0.4, 0.5) is 22.7 Å². The first kappa shape index (κ1) is 24.9. The molecule has 0 saturated carbocycles. The predicted octanol–water partition coefficient (Wildman–Crippen LogP) is 8.06. The molecular weight excluding hydrogens is 483 g/mol. The topological polar surface area (TPSA) is 23.6 Å². The number of para-hydroxylation sites is 2. The molecule has 4 heteroatoms. The molecule has 0 fully saturated rings. The van der Waals surface area contributed by atoms with Crippen LogP contribution in [0.5, 0.6) is 0 Å². The molecule has 0 atom stereocenters. The molecule has 2 aliphatic heterocycles. The molecule has 6 rings (SSSR count). The Balaban J connectivity index is 1.44. The summed E-state index contributed by atoms with van der Waals surface area (Å²) in [6, 6.07) is 30.3. The second-order valence-electron chi connectivity index (χ2n) is 11.5. The highest BCUT2D eigenvalue weighted by molar-refractivity contribution is 7.61. The first-order chi connectivity index (χ1) is 18.2. The molecule has 1 radical (unpaired) electrons. The Bertz CT molecular complexity index is 1470. The number of rotatable bonds is 4. The molecule has 3 nitrogen and oxygen atoms in total. The van der Waals surface area contributed by atoms with Gasteiger partial charge in [0.1, 0.15) is 7.80 Å². The van der Waals surface area contributed by atoms with Crippen molar-refractivity contribution in [2.24, 2.45) is 0 Å². The van der Waals surface area contributed by atoms with E-state index in [0.717, 1.165) is 23.7 Å². The quantitative estimate of drug-likeness (QED) is 0.255. The zero-order valence-corrected chi connectivity index (χ0v) is 24.1. The molecule has 0 aromatic heterocycles. The molecule has 2 aliphatic rings. The second-order valence-corrected chi connectivity index (χ2v) is 13.1. The van der Waals surface area contributed by atoms with E-state index in [1.807, 2.05) is 0 Å². The summed E-state index contributed by atoms with van der Waals surface area (Å²) >= 11 is 0. The van der Waals surface area contributed by atoms with E-state index in [9.17, 15) is 4.57 Å². The normalized spacial score (nSPS) is 16.3. The number of fused-ring (bicyclic) bond motifs is 4. The van der Waals surface area contributed by atoms with Crippen molar-refractivity contribution in [1.82, 2.24) is 0 Å². The van der Waals surface area contributed by atoms with Gasteiger partial charge in [0.15, 0.2) is 0 Å². The van der Waals surface area contributed by atoms with Crippen LogP contribution in [0, 0.1) is 0 Å². The summed E-state index contributed by atoms with van der Waals surface area (Å²) in [6.45, 7) is 15.3. The van der Waals surface area contributed by atoms with Gasteiger partial charge in [0.05, 0.1) is 0 Å². The third-order valence-electron chi connectivity index (χ3n) is 8.73. The number of hydrogen-bond acceptors (Lipinski definition) is 3. The lowest BCUT2D eigenvalue weighted by molar-refractivity contribution is 0.597. The SMILES string of the molecule is CCN1c2ccccc2C(C)(C)c2cc([P](=O)c3ccc4c(c3)C(C)(C)c3ccccc3N4CC)ccc21. The smallest absolute Gasteiger partial charge is 0.136 e. The van der Waals surface area contributed by atoms with E-state index in [1.54, 1.807) is 0 Å². The molecule has 0 amide bonds. The molecule has 38 heavy (non-hydrogen) atoms. The third-order valence-corrected chi connectivity index (χ3v) is 10.2. The van der Waals surface area contributed by atoms with Crippen molar-refractivity contribution in [1.29, 1.82) is 0 Å². The van der Waals surface area contributed by atoms with Crippen molar-refractivity contribution in [2.45, 2.75) is 52.4 Å². The van der Waals surface area contributed by atoms with Gasteiger partial charge < -0.3 is 9.80 Å². The Labute approximate surface area is 227 Å². The third kappa shape index (κ3) is 3.48. The summed E-state index contributed by atoms with van der Waals surface area (Å²) in [5.74, 6) is 0. The van der Waals surface area contributed by atoms with E-state index in [2.05, 4.69) is 136 Å². The van der Waals surface area contributed by atoms with Gasteiger partial charge in [0.2, 0.25) is 0 Å². The van der Waals surface area contributed by atoms with Crippen molar-refractivity contribution in [3.8, 4) is 0 Å². The van der Waals surface area contributed by atoms with Crippen molar-refractivity contribution < 1.29 is 4.57 Å². The Kier molecular flexibility index (Phi) is 5.78. The molecule has 193 valence electrons. The number of hydrogen-bond donors (Lipinski definition) is 0. The minimum absolute atomic E-state index is 0.174. The fraction of sp³-hybridized carbons (Fsp3) is 0.294. The maximum Gasteiger partial charge on any atom is 0.136 e. The van der Waals surface area contributed by atoms with Gasteiger partial charge in [-0.15, -0.1) is 0 Å². The van der Waals surface area contributed by atoms with E-state index in [1.165, 1.54) is 45.0 Å². The number of nitrogens with zero attached hydrogens (tertiary/aromatic N) is 2. The minimum Gasteiger partial charge on any atom is -0.341 e. The van der Waals surface area contributed by atoms with Gasteiger partial charge in [-0.25, -0.2) is 0 Å². The molecule has 0 unspecified atom stereocenters. The van der Waals surface area contributed by atoms with Crippen LogP contribution in [0.2, 0.25) is 0 Å².